The Kier molecular flexibility index (Phi) is 2.38. The normalized spacial score (nSPS) is 37.2. The number of esters is 1. The topological polar surface area (TPSA) is 26.3 Å². The van der Waals surface area contributed by atoms with Crippen molar-refractivity contribution in [2.24, 2.45) is 11.8 Å². The van der Waals surface area contributed by atoms with E-state index in [4.69, 9.17) is 4.74 Å². The van der Waals surface area contributed by atoms with E-state index >= 15 is 0 Å². The minimum absolute atomic E-state index is 0.0176. The van der Waals surface area contributed by atoms with Crippen molar-refractivity contribution in [3.8, 4) is 0 Å². The number of rotatable bonds is 2. The number of hydrogen-bond donors (Lipinski definition) is 0. The summed E-state index contributed by atoms with van der Waals surface area (Å²) in [5.74, 6) is 0.777. The Labute approximate surface area is 79.0 Å². The molecule has 2 aliphatic rings. The Balaban J connectivity index is 1.80. The molecule has 1 saturated carbocycles. The van der Waals surface area contributed by atoms with E-state index < -0.39 is 0 Å². The molecule has 1 fully saturated rings. The summed E-state index contributed by atoms with van der Waals surface area (Å²) in [6.45, 7) is 2.10. The van der Waals surface area contributed by atoms with Gasteiger partial charge in [0.1, 0.15) is 6.10 Å². The molecule has 0 aliphatic heterocycles. The Hall–Kier alpha value is -0.790. The van der Waals surface area contributed by atoms with Crippen molar-refractivity contribution >= 4 is 5.97 Å². The van der Waals surface area contributed by atoms with E-state index in [0.29, 0.717) is 5.92 Å². The first kappa shape index (κ1) is 8.79. The lowest BCUT2D eigenvalue weighted by Gasteiger charge is -2.16. The number of allylic oxidation sites excluding steroid dienone is 1. The second-order valence-electron chi connectivity index (χ2n) is 4.15. The molecule has 0 aromatic carbocycles. The molecule has 2 rings (SSSR count). The molecular formula is C11H16O2. The van der Waals surface area contributed by atoms with Gasteiger partial charge in [0.25, 0.3) is 0 Å². The summed E-state index contributed by atoms with van der Waals surface area (Å²) in [5, 5.41) is 0. The molecule has 0 aromatic heterocycles. The first-order valence-corrected chi connectivity index (χ1v) is 5.14. The second-order valence-corrected chi connectivity index (χ2v) is 4.15. The van der Waals surface area contributed by atoms with Crippen LogP contribution in [0.15, 0.2) is 12.2 Å². The summed E-state index contributed by atoms with van der Waals surface area (Å²) in [4.78, 5) is 11.4. The van der Waals surface area contributed by atoms with Gasteiger partial charge in [-0.1, -0.05) is 13.0 Å². The van der Waals surface area contributed by atoms with Crippen LogP contribution in [-0.2, 0) is 9.53 Å². The van der Waals surface area contributed by atoms with Gasteiger partial charge in [0.15, 0.2) is 0 Å². The zero-order chi connectivity index (χ0) is 9.26. The van der Waals surface area contributed by atoms with Crippen molar-refractivity contribution < 1.29 is 9.53 Å². The average Bonchev–Trinajstić information content (AvgIpc) is 2.84. The highest BCUT2D eigenvalue weighted by atomic mass is 16.5. The largest absolute Gasteiger partial charge is 0.458 e. The van der Waals surface area contributed by atoms with Gasteiger partial charge in [-0.15, -0.1) is 0 Å². The number of carbonyl (C=O) groups excluding carboxylic acids is 1. The van der Waals surface area contributed by atoms with Crippen molar-refractivity contribution in [3.05, 3.63) is 12.2 Å². The van der Waals surface area contributed by atoms with Gasteiger partial charge in [0.05, 0.1) is 5.92 Å². The lowest BCUT2D eigenvalue weighted by molar-refractivity contribution is -0.149. The van der Waals surface area contributed by atoms with E-state index in [0.717, 1.165) is 25.7 Å². The Morgan fingerprint density at radius 1 is 1.54 bits per heavy atom. The van der Waals surface area contributed by atoms with Gasteiger partial charge in [0.2, 0.25) is 0 Å². The van der Waals surface area contributed by atoms with Crippen molar-refractivity contribution in [3.63, 3.8) is 0 Å². The Bertz CT molecular complexity index is 232. The summed E-state index contributed by atoms with van der Waals surface area (Å²) in [6, 6.07) is 0. The van der Waals surface area contributed by atoms with E-state index in [1.807, 2.05) is 6.08 Å². The minimum Gasteiger partial charge on any atom is -0.458 e. The van der Waals surface area contributed by atoms with Gasteiger partial charge in [-0.2, -0.15) is 0 Å². The standard InChI is InChI=1S/C11H16O2/c1-8-7-10(8)11(12)13-9-5-3-2-4-6-9/h3,5,8-10H,2,4,6-7H2,1H3/t8-,9?,10-/m0/s1. The minimum atomic E-state index is 0.0176. The molecule has 0 saturated heterocycles. The fraction of sp³-hybridized carbons (Fsp3) is 0.727. The van der Waals surface area contributed by atoms with Crippen LogP contribution in [0.3, 0.4) is 0 Å². The maximum Gasteiger partial charge on any atom is 0.309 e. The van der Waals surface area contributed by atoms with Gasteiger partial charge in [-0.25, -0.2) is 0 Å². The van der Waals surface area contributed by atoms with E-state index in [1.54, 1.807) is 0 Å². The van der Waals surface area contributed by atoms with Crippen LogP contribution in [0.1, 0.15) is 32.6 Å². The van der Waals surface area contributed by atoms with Crippen LogP contribution in [0.25, 0.3) is 0 Å². The Morgan fingerprint density at radius 2 is 2.31 bits per heavy atom. The maximum absolute atomic E-state index is 11.4. The highest BCUT2D eigenvalue weighted by molar-refractivity contribution is 5.75. The van der Waals surface area contributed by atoms with E-state index in [2.05, 4.69) is 13.0 Å². The van der Waals surface area contributed by atoms with Crippen molar-refractivity contribution in [2.45, 2.75) is 38.7 Å². The quantitative estimate of drug-likeness (QED) is 0.481. The first-order valence-electron chi connectivity index (χ1n) is 5.14. The SMILES string of the molecule is C[C@H]1C[C@@H]1C(=O)OC1C=CCCC1. The number of ether oxygens (including phenoxy) is 1. The third-order valence-corrected chi connectivity index (χ3v) is 2.89. The number of hydrogen-bond acceptors (Lipinski definition) is 2. The van der Waals surface area contributed by atoms with Gasteiger partial charge >= 0.3 is 5.97 Å². The van der Waals surface area contributed by atoms with Crippen molar-refractivity contribution in [2.75, 3.05) is 0 Å². The van der Waals surface area contributed by atoms with Crippen LogP contribution in [-0.4, -0.2) is 12.1 Å². The van der Waals surface area contributed by atoms with Crippen LogP contribution in [0.4, 0.5) is 0 Å². The number of carbonyl (C=O) groups is 1. The molecule has 13 heavy (non-hydrogen) atoms. The third kappa shape index (κ3) is 2.11. The lowest BCUT2D eigenvalue weighted by atomic mass is 10.1. The molecule has 0 bridgehead atoms. The molecule has 0 spiro atoms. The van der Waals surface area contributed by atoms with E-state index in [9.17, 15) is 4.79 Å². The fourth-order valence-corrected chi connectivity index (χ4v) is 1.77. The lowest BCUT2D eigenvalue weighted by Crippen LogP contribution is -2.19. The van der Waals surface area contributed by atoms with E-state index in [-0.39, 0.29) is 18.0 Å². The van der Waals surface area contributed by atoms with Gasteiger partial charge in [0, 0.05) is 0 Å². The molecule has 0 heterocycles. The summed E-state index contributed by atoms with van der Waals surface area (Å²) in [7, 11) is 0. The summed E-state index contributed by atoms with van der Waals surface area (Å²) < 4.78 is 5.36. The highest BCUT2D eigenvalue weighted by Gasteiger charge is 2.41. The highest BCUT2D eigenvalue weighted by Crippen LogP contribution is 2.39. The zero-order valence-corrected chi connectivity index (χ0v) is 8.03. The molecule has 3 atom stereocenters. The molecule has 0 aromatic rings. The van der Waals surface area contributed by atoms with Crippen LogP contribution in [0.5, 0.6) is 0 Å². The van der Waals surface area contributed by atoms with Crippen LogP contribution >= 0.6 is 0 Å². The molecule has 1 unspecified atom stereocenters. The molecule has 2 aliphatic carbocycles. The van der Waals surface area contributed by atoms with Crippen LogP contribution in [0.2, 0.25) is 0 Å². The molecule has 72 valence electrons. The van der Waals surface area contributed by atoms with Crippen molar-refractivity contribution in [1.82, 2.24) is 0 Å². The van der Waals surface area contributed by atoms with Crippen molar-refractivity contribution in [1.29, 1.82) is 0 Å². The molecule has 0 amide bonds. The molecular weight excluding hydrogens is 164 g/mol. The smallest absolute Gasteiger partial charge is 0.309 e. The Morgan fingerprint density at radius 3 is 2.85 bits per heavy atom. The summed E-state index contributed by atoms with van der Waals surface area (Å²) >= 11 is 0. The molecule has 2 nitrogen and oxygen atoms in total. The summed E-state index contributed by atoms with van der Waals surface area (Å²) in [6.07, 6.45) is 8.50. The molecule has 0 radical (unpaired) electrons. The van der Waals surface area contributed by atoms with Gasteiger partial charge in [-0.05, 0) is 37.7 Å². The van der Waals surface area contributed by atoms with Gasteiger partial charge < -0.3 is 4.74 Å². The fourth-order valence-electron chi connectivity index (χ4n) is 1.77. The monoisotopic (exact) mass is 180 g/mol. The van der Waals surface area contributed by atoms with E-state index in [1.165, 1.54) is 0 Å². The van der Waals surface area contributed by atoms with Crippen LogP contribution < -0.4 is 0 Å². The predicted molar refractivity (Wildman–Crippen MR) is 50.1 cm³/mol. The van der Waals surface area contributed by atoms with Gasteiger partial charge in [-0.3, -0.25) is 4.79 Å². The average molecular weight is 180 g/mol. The first-order chi connectivity index (χ1) is 6.27. The summed E-state index contributed by atoms with van der Waals surface area (Å²) in [5.41, 5.74) is 0. The molecule has 2 heteroatoms. The molecule has 0 N–H and O–H groups in total. The van der Waals surface area contributed by atoms with Crippen LogP contribution in [0, 0.1) is 11.8 Å². The maximum atomic E-state index is 11.4. The predicted octanol–water partition coefficient (Wildman–Crippen LogP) is 2.29. The second kappa shape index (κ2) is 3.52. The third-order valence-electron chi connectivity index (χ3n) is 2.89. The zero-order valence-electron chi connectivity index (χ0n) is 8.03.